The number of amides is 2. The lowest BCUT2D eigenvalue weighted by Gasteiger charge is -2.30. The van der Waals surface area contributed by atoms with E-state index in [1.54, 1.807) is 24.3 Å². The number of carbonyl (C=O) groups is 3. The van der Waals surface area contributed by atoms with Crippen LogP contribution in [0.1, 0.15) is 49.4 Å². The molecule has 1 aromatic carbocycles. The quantitative estimate of drug-likeness (QED) is 0.801. The standard InChI is InChI=1S/C21H28N2O4/c1-14-12-27-13-18(24)19(14)23-21(26)17(11-15-7-5-6-8-15)22-20(25)16-9-3-2-4-10-16/h2-4,9-10,14-15,17,19H,5-8,11-13H2,1H3,(H,22,25)(H,23,26)/t14?,17-,19?/m0/s1. The summed E-state index contributed by atoms with van der Waals surface area (Å²) >= 11 is 0. The van der Waals surface area contributed by atoms with Crippen molar-refractivity contribution in [1.29, 1.82) is 0 Å². The Hall–Kier alpha value is -2.21. The minimum atomic E-state index is -0.636. The smallest absolute Gasteiger partial charge is 0.251 e. The van der Waals surface area contributed by atoms with Crippen LogP contribution < -0.4 is 10.6 Å². The van der Waals surface area contributed by atoms with Gasteiger partial charge in [-0.2, -0.15) is 0 Å². The number of nitrogens with one attached hydrogen (secondary N) is 2. The Morgan fingerprint density at radius 3 is 2.56 bits per heavy atom. The molecule has 2 unspecified atom stereocenters. The number of benzene rings is 1. The third-order valence-corrected chi connectivity index (χ3v) is 5.54. The second-order valence-corrected chi connectivity index (χ2v) is 7.72. The Balaban J connectivity index is 1.69. The zero-order chi connectivity index (χ0) is 19.2. The zero-order valence-corrected chi connectivity index (χ0v) is 15.8. The molecule has 3 rings (SSSR count). The number of hydrogen-bond acceptors (Lipinski definition) is 4. The van der Waals surface area contributed by atoms with Crippen molar-refractivity contribution in [3.8, 4) is 0 Å². The van der Waals surface area contributed by atoms with E-state index in [1.807, 2.05) is 13.0 Å². The molecule has 1 aromatic rings. The van der Waals surface area contributed by atoms with E-state index in [9.17, 15) is 14.4 Å². The van der Waals surface area contributed by atoms with Crippen molar-refractivity contribution in [2.75, 3.05) is 13.2 Å². The molecule has 6 heteroatoms. The maximum Gasteiger partial charge on any atom is 0.251 e. The molecule has 2 fully saturated rings. The lowest BCUT2D eigenvalue weighted by atomic mass is 9.94. The van der Waals surface area contributed by atoms with Crippen molar-refractivity contribution < 1.29 is 19.1 Å². The molecule has 2 amide bonds. The lowest BCUT2D eigenvalue weighted by Crippen LogP contribution is -2.56. The first-order valence-electron chi connectivity index (χ1n) is 9.81. The summed E-state index contributed by atoms with van der Waals surface area (Å²) in [7, 11) is 0. The summed E-state index contributed by atoms with van der Waals surface area (Å²) < 4.78 is 5.23. The first-order chi connectivity index (χ1) is 13.0. The fourth-order valence-corrected chi connectivity index (χ4v) is 3.97. The third-order valence-electron chi connectivity index (χ3n) is 5.54. The largest absolute Gasteiger partial charge is 0.373 e. The van der Waals surface area contributed by atoms with E-state index in [0.717, 1.165) is 12.8 Å². The van der Waals surface area contributed by atoms with Crippen molar-refractivity contribution in [3.63, 3.8) is 0 Å². The molecule has 2 aliphatic rings. The SMILES string of the molecule is CC1COCC(=O)C1NC(=O)[C@H](CC1CCCC1)NC(=O)c1ccccc1. The van der Waals surface area contributed by atoms with Gasteiger partial charge in [-0.1, -0.05) is 50.8 Å². The number of Topliss-reactive ketones (excluding diaryl/α,β-unsaturated/α-hetero) is 1. The molecule has 0 radical (unpaired) electrons. The molecule has 0 aromatic heterocycles. The molecule has 6 nitrogen and oxygen atoms in total. The summed E-state index contributed by atoms with van der Waals surface area (Å²) in [5, 5.41) is 5.75. The Kier molecular flexibility index (Phi) is 6.61. The van der Waals surface area contributed by atoms with Crippen LogP contribution in [-0.4, -0.2) is 42.9 Å². The highest BCUT2D eigenvalue weighted by Crippen LogP contribution is 2.29. The minimum Gasteiger partial charge on any atom is -0.373 e. The van der Waals surface area contributed by atoms with E-state index < -0.39 is 12.1 Å². The normalized spacial score (nSPS) is 24.4. The van der Waals surface area contributed by atoms with Crippen molar-refractivity contribution in [1.82, 2.24) is 10.6 Å². The highest BCUT2D eigenvalue weighted by atomic mass is 16.5. The van der Waals surface area contributed by atoms with Crippen molar-refractivity contribution in [3.05, 3.63) is 35.9 Å². The molecule has 1 saturated carbocycles. The van der Waals surface area contributed by atoms with Gasteiger partial charge in [-0.25, -0.2) is 0 Å². The van der Waals surface area contributed by atoms with Crippen molar-refractivity contribution in [2.24, 2.45) is 11.8 Å². The van der Waals surface area contributed by atoms with Crippen molar-refractivity contribution in [2.45, 2.75) is 51.1 Å². The zero-order valence-electron chi connectivity index (χ0n) is 15.8. The van der Waals surface area contributed by atoms with Gasteiger partial charge in [0.1, 0.15) is 12.6 Å². The molecule has 27 heavy (non-hydrogen) atoms. The second kappa shape index (κ2) is 9.13. The Bertz CT molecular complexity index is 670. The van der Waals surface area contributed by atoms with Crippen LogP contribution >= 0.6 is 0 Å². The molecule has 0 bridgehead atoms. The Morgan fingerprint density at radius 1 is 1.19 bits per heavy atom. The van der Waals surface area contributed by atoms with Crippen LogP contribution in [0.2, 0.25) is 0 Å². The average molecular weight is 372 g/mol. The highest BCUT2D eigenvalue weighted by Gasteiger charge is 2.34. The monoisotopic (exact) mass is 372 g/mol. The summed E-state index contributed by atoms with van der Waals surface area (Å²) in [6, 6.07) is 7.70. The topological polar surface area (TPSA) is 84.5 Å². The van der Waals surface area contributed by atoms with E-state index in [4.69, 9.17) is 4.74 Å². The molecule has 2 N–H and O–H groups in total. The predicted molar refractivity (Wildman–Crippen MR) is 101 cm³/mol. The van der Waals surface area contributed by atoms with Crippen LogP contribution in [0.4, 0.5) is 0 Å². The van der Waals surface area contributed by atoms with E-state index in [1.165, 1.54) is 12.8 Å². The fourth-order valence-electron chi connectivity index (χ4n) is 3.97. The van der Waals surface area contributed by atoms with E-state index >= 15 is 0 Å². The summed E-state index contributed by atoms with van der Waals surface area (Å²) in [5.41, 5.74) is 0.525. The lowest BCUT2D eigenvalue weighted by molar-refractivity contribution is -0.137. The molecule has 1 aliphatic carbocycles. The van der Waals surface area contributed by atoms with Crippen LogP contribution in [0.15, 0.2) is 30.3 Å². The van der Waals surface area contributed by atoms with Gasteiger partial charge < -0.3 is 15.4 Å². The fraction of sp³-hybridized carbons (Fsp3) is 0.571. The van der Waals surface area contributed by atoms with Gasteiger partial charge in [0, 0.05) is 11.5 Å². The highest BCUT2D eigenvalue weighted by molar-refractivity contribution is 5.98. The summed E-state index contributed by atoms with van der Waals surface area (Å²) in [4.78, 5) is 37.6. The predicted octanol–water partition coefficient (Wildman–Crippen LogP) is 2.09. The van der Waals surface area contributed by atoms with Crippen LogP contribution in [-0.2, 0) is 14.3 Å². The van der Waals surface area contributed by atoms with Gasteiger partial charge in [-0.15, -0.1) is 0 Å². The summed E-state index contributed by atoms with van der Waals surface area (Å²) in [6.45, 7) is 2.36. The number of rotatable bonds is 6. The molecule has 146 valence electrons. The Labute approximate surface area is 160 Å². The molecular weight excluding hydrogens is 344 g/mol. The van der Waals surface area contributed by atoms with Crippen LogP contribution in [0.5, 0.6) is 0 Å². The number of hydrogen-bond donors (Lipinski definition) is 2. The number of ether oxygens (including phenoxy) is 1. The van der Waals surface area contributed by atoms with E-state index in [-0.39, 0.29) is 30.1 Å². The maximum atomic E-state index is 12.9. The van der Waals surface area contributed by atoms with Gasteiger partial charge in [0.25, 0.3) is 5.91 Å². The van der Waals surface area contributed by atoms with Gasteiger partial charge in [-0.3, -0.25) is 14.4 Å². The molecule has 3 atom stereocenters. The Morgan fingerprint density at radius 2 is 1.89 bits per heavy atom. The number of ketones is 1. The summed E-state index contributed by atoms with van der Waals surface area (Å²) in [6.07, 6.45) is 5.10. The van der Waals surface area contributed by atoms with Gasteiger partial charge in [-0.05, 0) is 24.5 Å². The van der Waals surface area contributed by atoms with Crippen LogP contribution in [0.25, 0.3) is 0 Å². The molecule has 0 spiro atoms. The first kappa shape index (κ1) is 19.5. The van der Waals surface area contributed by atoms with Gasteiger partial charge >= 0.3 is 0 Å². The third kappa shape index (κ3) is 5.16. The van der Waals surface area contributed by atoms with E-state index in [2.05, 4.69) is 10.6 Å². The molecular formula is C21H28N2O4. The second-order valence-electron chi connectivity index (χ2n) is 7.72. The first-order valence-corrected chi connectivity index (χ1v) is 9.81. The van der Waals surface area contributed by atoms with Gasteiger partial charge in [0.05, 0.1) is 12.6 Å². The van der Waals surface area contributed by atoms with Crippen LogP contribution in [0, 0.1) is 11.8 Å². The maximum absolute atomic E-state index is 12.9. The summed E-state index contributed by atoms with van der Waals surface area (Å²) in [5.74, 6) is -0.304. The molecule has 1 aliphatic heterocycles. The molecule has 1 heterocycles. The van der Waals surface area contributed by atoms with E-state index in [0.29, 0.717) is 24.5 Å². The van der Waals surface area contributed by atoms with Crippen LogP contribution in [0.3, 0.4) is 0 Å². The average Bonchev–Trinajstić information content (AvgIpc) is 3.18. The number of carbonyl (C=O) groups excluding carboxylic acids is 3. The van der Waals surface area contributed by atoms with Gasteiger partial charge in [0.2, 0.25) is 5.91 Å². The molecule has 1 saturated heterocycles. The minimum absolute atomic E-state index is 0.0267. The van der Waals surface area contributed by atoms with Crippen molar-refractivity contribution >= 4 is 17.6 Å². The van der Waals surface area contributed by atoms with Gasteiger partial charge in [0.15, 0.2) is 5.78 Å².